The molecule has 3 aliphatic carbocycles. The van der Waals surface area contributed by atoms with Gasteiger partial charge in [0.05, 0.1) is 12.2 Å². The average Bonchev–Trinajstić information content (AvgIpc) is 3.05. The summed E-state index contributed by atoms with van der Waals surface area (Å²) in [6.45, 7) is 0. The topological polar surface area (TPSA) is 40.5 Å². The third-order valence-electron chi connectivity index (χ3n) is 5.12. The van der Waals surface area contributed by atoms with Crippen LogP contribution < -0.4 is 0 Å². The van der Waals surface area contributed by atoms with E-state index in [0.29, 0.717) is 11.8 Å². The molecule has 2 bridgehead atoms. The molecule has 0 aliphatic heterocycles. The number of allylic oxidation sites excluding steroid dienone is 2. The van der Waals surface area contributed by atoms with E-state index in [4.69, 9.17) is 0 Å². The number of hydrogen-bond donors (Lipinski definition) is 2. The number of hydrogen-bond acceptors (Lipinski definition) is 2. The standard InChI is InChI=1S/C17H18O2/c18-14-9-13(10-4-2-1-3-5-10)17(19)16-12-7-6-11(8-12)15(14)16/h1-7,9,11-12,14-19H,8H2/t11-,12+,14+,15+,16+,17+/m1/s1. The van der Waals surface area contributed by atoms with Gasteiger partial charge in [0.15, 0.2) is 0 Å². The van der Waals surface area contributed by atoms with Crippen molar-refractivity contribution in [3.8, 4) is 0 Å². The minimum absolute atomic E-state index is 0.185. The first kappa shape index (κ1) is 11.4. The largest absolute Gasteiger partial charge is 0.389 e. The Balaban J connectivity index is 1.76. The molecule has 1 aromatic carbocycles. The van der Waals surface area contributed by atoms with Crippen LogP contribution >= 0.6 is 0 Å². The van der Waals surface area contributed by atoms with Crippen LogP contribution in [0.25, 0.3) is 5.57 Å². The van der Waals surface area contributed by atoms with Crippen LogP contribution in [0.15, 0.2) is 48.6 Å². The molecule has 3 aliphatic rings. The van der Waals surface area contributed by atoms with Crippen molar-refractivity contribution in [3.63, 3.8) is 0 Å². The average molecular weight is 254 g/mol. The number of aliphatic hydroxyl groups excluding tert-OH is 2. The van der Waals surface area contributed by atoms with Crippen LogP contribution in [0.4, 0.5) is 0 Å². The third-order valence-corrected chi connectivity index (χ3v) is 5.12. The molecule has 4 rings (SSSR count). The zero-order valence-corrected chi connectivity index (χ0v) is 10.7. The molecule has 98 valence electrons. The predicted molar refractivity (Wildman–Crippen MR) is 74.1 cm³/mol. The fourth-order valence-corrected chi connectivity index (χ4v) is 4.32. The highest BCUT2D eigenvalue weighted by atomic mass is 16.3. The van der Waals surface area contributed by atoms with Crippen molar-refractivity contribution < 1.29 is 10.2 Å². The lowest BCUT2D eigenvalue weighted by Crippen LogP contribution is -2.41. The molecule has 0 aromatic heterocycles. The molecule has 0 heterocycles. The molecule has 2 nitrogen and oxygen atoms in total. The Morgan fingerprint density at radius 1 is 0.895 bits per heavy atom. The van der Waals surface area contributed by atoms with Gasteiger partial charge in [0.2, 0.25) is 0 Å². The molecule has 2 N–H and O–H groups in total. The molecular formula is C17H18O2. The molecule has 1 saturated carbocycles. The molecule has 0 saturated heterocycles. The Hall–Kier alpha value is -1.38. The summed E-state index contributed by atoms with van der Waals surface area (Å²) in [6, 6.07) is 9.93. The Morgan fingerprint density at radius 2 is 1.58 bits per heavy atom. The van der Waals surface area contributed by atoms with Crippen molar-refractivity contribution in [2.24, 2.45) is 23.7 Å². The van der Waals surface area contributed by atoms with E-state index in [1.54, 1.807) is 0 Å². The molecule has 0 radical (unpaired) electrons. The van der Waals surface area contributed by atoms with Gasteiger partial charge in [-0.1, -0.05) is 42.5 Å². The first-order valence-corrected chi connectivity index (χ1v) is 7.07. The van der Waals surface area contributed by atoms with Gasteiger partial charge in [-0.3, -0.25) is 0 Å². The fourth-order valence-electron chi connectivity index (χ4n) is 4.32. The van der Waals surface area contributed by atoms with Gasteiger partial charge in [-0.2, -0.15) is 0 Å². The van der Waals surface area contributed by atoms with Crippen LogP contribution in [-0.4, -0.2) is 22.4 Å². The Kier molecular flexibility index (Phi) is 2.44. The van der Waals surface area contributed by atoms with Crippen LogP contribution in [0.2, 0.25) is 0 Å². The second kappa shape index (κ2) is 4.06. The molecule has 1 fully saturated rings. The molecule has 0 amide bonds. The number of aliphatic hydroxyl groups is 2. The maximum atomic E-state index is 10.7. The van der Waals surface area contributed by atoms with Crippen molar-refractivity contribution in [2.45, 2.75) is 18.6 Å². The molecule has 6 atom stereocenters. The van der Waals surface area contributed by atoms with Gasteiger partial charge in [-0.15, -0.1) is 0 Å². The molecule has 2 heteroatoms. The Bertz CT molecular complexity index is 546. The molecular weight excluding hydrogens is 236 g/mol. The monoisotopic (exact) mass is 254 g/mol. The number of fused-ring (bicyclic) bond motifs is 5. The summed E-state index contributed by atoms with van der Waals surface area (Å²) in [5.41, 5.74) is 1.93. The van der Waals surface area contributed by atoms with Crippen molar-refractivity contribution in [1.29, 1.82) is 0 Å². The van der Waals surface area contributed by atoms with Gasteiger partial charge in [0.1, 0.15) is 0 Å². The summed E-state index contributed by atoms with van der Waals surface area (Å²) < 4.78 is 0. The summed E-state index contributed by atoms with van der Waals surface area (Å²) in [5.74, 6) is 1.28. The summed E-state index contributed by atoms with van der Waals surface area (Å²) in [5, 5.41) is 21.1. The van der Waals surface area contributed by atoms with Crippen molar-refractivity contribution in [1.82, 2.24) is 0 Å². The van der Waals surface area contributed by atoms with E-state index in [-0.39, 0.29) is 11.8 Å². The second-order valence-corrected chi connectivity index (χ2v) is 6.03. The number of rotatable bonds is 1. The Morgan fingerprint density at radius 3 is 2.32 bits per heavy atom. The van der Waals surface area contributed by atoms with Crippen molar-refractivity contribution >= 4 is 5.57 Å². The van der Waals surface area contributed by atoms with Crippen LogP contribution in [0.1, 0.15) is 12.0 Å². The van der Waals surface area contributed by atoms with Crippen LogP contribution in [0.5, 0.6) is 0 Å². The first-order chi connectivity index (χ1) is 9.25. The van der Waals surface area contributed by atoms with E-state index in [1.807, 2.05) is 36.4 Å². The van der Waals surface area contributed by atoms with Gasteiger partial charge in [0.25, 0.3) is 0 Å². The second-order valence-electron chi connectivity index (χ2n) is 6.03. The highest BCUT2D eigenvalue weighted by molar-refractivity contribution is 5.71. The van der Waals surface area contributed by atoms with E-state index in [0.717, 1.165) is 17.6 Å². The summed E-state index contributed by atoms with van der Waals surface area (Å²) in [7, 11) is 0. The van der Waals surface area contributed by atoms with E-state index < -0.39 is 12.2 Å². The van der Waals surface area contributed by atoms with Gasteiger partial charge in [0, 0.05) is 11.8 Å². The van der Waals surface area contributed by atoms with Crippen LogP contribution in [-0.2, 0) is 0 Å². The third kappa shape index (κ3) is 1.57. The maximum absolute atomic E-state index is 10.7. The zero-order chi connectivity index (χ0) is 13.0. The van der Waals surface area contributed by atoms with E-state index in [9.17, 15) is 10.2 Å². The van der Waals surface area contributed by atoms with Gasteiger partial charge < -0.3 is 10.2 Å². The van der Waals surface area contributed by atoms with Gasteiger partial charge in [-0.25, -0.2) is 0 Å². The number of benzene rings is 1. The minimum Gasteiger partial charge on any atom is -0.389 e. The quantitative estimate of drug-likeness (QED) is 0.755. The van der Waals surface area contributed by atoms with Crippen molar-refractivity contribution in [3.05, 3.63) is 54.1 Å². The molecule has 1 aromatic rings. The van der Waals surface area contributed by atoms with E-state index in [2.05, 4.69) is 12.2 Å². The zero-order valence-electron chi connectivity index (χ0n) is 10.7. The summed E-state index contributed by atoms with van der Waals surface area (Å²) >= 11 is 0. The highest BCUT2D eigenvalue weighted by Gasteiger charge is 2.52. The lowest BCUT2D eigenvalue weighted by atomic mass is 9.69. The van der Waals surface area contributed by atoms with Gasteiger partial charge in [-0.05, 0) is 35.5 Å². The normalized spacial score (nSPS) is 43.2. The minimum atomic E-state index is -0.448. The van der Waals surface area contributed by atoms with Crippen LogP contribution in [0, 0.1) is 23.7 Å². The van der Waals surface area contributed by atoms with E-state index >= 15 is 0 Å². The SMILES string of the molecule is O[C@H]1C=C(c2ccccc2)[C@H](O)[C@@H]2[C@H]1[C@@H]1C=C[C@H]2C1. The smallest absolute Gasteiger partial charge is 0.0831 e. The maximum Gasteiger partial charge on any atom is 0.0831 e. The molecule has 0 spiro atoms. The predicted octanol–water partition coefficient (Wildman–Crippen LogP) is 2.24. The van der Waals surface area contributed by atoms with Crippen molar-refractivity contribution in [2.75, 3.05) is 0 Å². The highest BCUT2D eigenvalue weighted by Crippen LogP contribution is 2.54. The van der Waals surface area contributed by atoms with E-state index in [1.165, 1.54) is 0 Å². The first-order valence-electron chi connectivity index (χ1n) is 7.07. The fraction of sp³-hybridized carbons (Fsp3) is 0.412. The Labute approximate surface area is 113 Å². The summed E-state index contributed by atoms with van der Waals surface area (Å²) in [4.78, 5) is 0. The summed E-state index contributed by atoms with van der Waals surface area (Å²) in [6.07, 6.45) is 6.55. The molecule has 19 heavy (non-hydrogen) atoms. The molecule has 0 unspecified atom stereocenters. The lowest BCUT2D eigenvalue weighted by Gasteiger charge is -2.39. The lowest BCUT2D eigenvalue weighted by molar-refractivity contribution is 0.0338. The van der Waals surface area contributed by atoms with Crippen LogP contribution in [0.3, 0.4) is 0 Å². The van der Waals surface area contributed by atoms with Gasteiger partial charge >= 0.3 is 0 Å².